The van der Waals surface area contributed by atoms with E-state index in [9.17, 15) is 0 Å². The maximum atomic E-state index is 5.05. The van der Waals surface area contributed by atoms with Gasteiger partial charge < -0.3 is 11.5 Å². The van der Waals surface area contributed by atoms with Gasteiger partial charge in [0.1, 0.15) is 0 Å². The summed E-state index contributed by atoms with van der Waals surface area (Å²) in [5.41, 5.74) is 11.0. The van der Waals surface area contributed by atoms with E-state index in [0.29, 0.717) is 0 Å². The summed E-state index contributed by atoms with van der Waals surface area (Å²) in [7, 11) is 0. The Bertz CT molecular complexity index is 286. The second-order valence-electron chi connectivity index (χ2n) is 2.06. The molecule has 0 saturated heterocycles. The lowest BCUT2D eigenvalue weighted by molar-refractivity contribution is 1.21. The molecular formula is C7H9N5. The van der Waals surface area contributed by atoms with E-state index >= 15 is 0 Å². The Labute approximate surface area is 69.8 Å². The monoisotopic (exact) mass is 163 g/mol. The molecule has 5 nitrogen and oxygen atoms in total. The highest BCUT2D eigenvalue weighted by Crippen LogP contribution is 1.90. The van der Waals surface area contributed by atoms with Gasteiger partial charge in [0, 0.05) is 18.0 Å². The Kier molecular flexibility index (Phi) is 2.78. The molecule has 1 aromatic rings. The fourth-order valence-electron chi connectivity index (χ4n) is 0.615. The van der Waals surface area contributed by atoms with Crippen LogP contribution in [0.2, 0.25) is 0 Å². The highest BCUT2D eigenvalue weighted by Gasteiger charge is 1.82. The molecule has 4 N–H and O–H groups in total. The summed E-state index contributed by atoms with van der Waals surface area (Å²) in [5.74, 6) is -0.0601. The second-order valence-corrected chi connectivity index (χ2v) is 2.06. The number of aromatic nitrogens is 1. The summed E-state index contributed by atoms with van der Waals surface area (Å²) >= 11 is 0. The minimum atomic E-state index is -0.0601. The SMILES string of the molecule is NC(N)=N/N=C/c1cccnc1. The standard InChI is InChI=1S/C7H9N5/c8-7(9)12-11-5-6-2-1-3-10-4-6/h1-5H,(H4,8,9,12)/b11-5+. The third kappa shape index (κ3) is 2.78. The van der Waals surface area contributed by atoms with Gasteiger partial charge in [-0.1, -0.05) is 6.07 Å². The van der Waals surface area contributed by atoms with E-state index in [2.05, 4.69) is 15.2 Å². The Balaban J connectivity index is 2.64. The van der Waals surface area contributed by atoms with Crippen LogP contribution in [-0.2, 0) is 0 Å². The second kappa shape index (κ2) is 4.07. The molecule has 62 valence electrons. The van der Waals surface area contributed by atoms with Crippen LogP contribution in [0.4, 0.5) is 0 Å². The van der Waals surface area contributed by atoms with Gasteiger partial charge in [-0.25, -0.2) is 0 Å². The molecule has 12 heavy (non-hydrogen) atoms. The van der Waals surface area contributed by atoms with Crippen molar-refractivity contribution >= 4 is 12.2 Å². The van der Waals surface area contributed by atoms with Gasteiger partial charge in [0.05, 0.1) is 6.21 Å². The van der Waals surface area contributed by atoms with Crippen molar-refractivity contribution in [2.24, 2.45) is 21.7 Å². The molecule has 0 aliphatic heterocycles. The Morgan fingerprint density at radius 2 is 2.33 bits per heavy atom. The number of hydrogen-bond acceptors (Lipinski definition) is 3. The van der Waals surface area contributed by atoms with Gasteiger partial charge in [0.2, 0.25) is 5.96 Å². The van der Waals surface area contributed by atoms with E-state index < -0.39 is 0 Å². The summed E-state index contributed by atoms with van der Waals surface area (Å²) in [6.07, 6.45) is 4.86. The number of pyridine rings is 1. The maximum absolute atomic E-state index is 5.05. The Morgan fingerprint density at radius 3 is 2.92 bits per heavy atom. The maximum Gasteiger partial charge on any atom is 0.211 e. The topological polar surface area (TPSA) is 89.7 Å². The van der Waals surface area contributed by atoms with Gasteiger partial charge in [0.25, 0.3) is 0 Å². The van der Waals surface area contributed by atoms with E-state index in [-0.39, 0.29) is 5.96 Å². The van der Waals surface area contributed by atoms with Crippen LogP contribution in [0.25, 0.3) is 0 Å². The third-order valence-electron chi connectivity index (χ3n) is 1.06. The van der Waals surface area contributed by atoms with Crippen LogP contribution in [0.5, 0.6) is 0 Å². The molecule has 0 aliphatic rings. The first kappa shape index (κ1) is 8.19. The summed E-state index contributed by atoms with van der Waals surface area (Å²) in [6.45, 7) is 0. The van der Waals surface area contributed by atoms with Gasteiger partial charge >= 0.3 is 0 Å². The van der Waals surface area contributed by atoms with Gasteiger partial charge in [0.15, 0.2) is 0 Å². The zero-order chi connectivity index (χ0) is 8.81. The average Bonchev–Trinajstić information content (AvgIpc) is 2.05. The number of rotatable bonds is 2. The number of hydrogen-bond donors (Lipinski definition) is 2. The summed E-state index contributed by atoms with van der Waals surface area (Å²) < 4.78 is 0. The smallest absolute Gasteiger partial charge is 0.211 e. The minimum absolute atomic E-state index is 0.0601. The fourth-order valence-corrected chi connectivity index (χ4v) is 0.615. The first-order valence-corrected chi connectivity index (χ1v) is 3.31. The van der Waals surface area contributed by atoms with Crippen molar-refractivity contribution in [3.05, 3.63) is 30.1 Å². The van der Waals surface area contributed by atoms with Gasteiger partial charge in [-0.3, -0.25) is 4.98 Å². The first-order valence-electron chi connectivity index (χ1n) is 3.31. The van der Waals surface area contributed by atoms with Crippen LogP contribution in [-0.4, -0.2) is 17.2 Å². The van der Waals surface area contributed by atoms with Crippen LogP contribution in [0.15, 0.2) is 34.7 Å². The van der Waals surface area contributed by atoms with Crippen LogP contribution < -0.4 is 11.5 Å². The quantitative estimate of drug-likeness (QED) is 0.356. The molecule has 0 aliphatic carbocycles. The van der Waals surface area contributed by atoms with Crippen LogP contribution in [0.1, 0.15) is 5.56 Å². The first-order chi connectivity index (χ1) is 5.79. The van der Waals surface area contributed by atoms with Gasteiger partial charge in [-0.2, -0.15) is 5.10 Å². The summed E-state index contributed by atoms with van der Waals surface area (Å²) in [5, 5.41) is 7.05. The van der Waals surface area contributed by atoms with Crippen LogP contribution >= 0.6 is 0 Å². The van der Waals surface area contributed by atoms with E-state index in [0.717, 1.165) is 5.56 Å². The van der Waals surface area contributed by atoms with Crippen molar-refractivity contribution in [2.45, 2.75) is 0 Å². The van der Waals surface area contributed by atoms with Crippen molar-refractivity contribution in [3.63, 3.8) is 0 Å². The summed E-state index contributed by atoms with van der Waals surface area (Å²) in [4.78, 5) is 3.88. The highest BCUT2D eigenvalue weighted by molar-refractivity contribution is 5.81. The Morgan fingerprint density at radius 1 is 1.50 bits per heavy atom. The molecule has 0 fully saturated rings. The minimum Gasteiger partial charge on any atom is -0.369 e. The summed E-state index contributed by atoms with van der Waals surface area (Å²) in [6, 6.07) is 3.65. The molecule has 0 radical (unpaired) electrons. The lowest BCUT2D eigenvalue weighted by Crippen LogP contribution is -2.21. The highest BCUT2D eigenvalue weighted by atomic mass is 15.3. The zero-order valence-electron chi connectivity index (χ0n) is 6.38. The Hall–Kier alpha value is -1.91. The molecule has 1 aromatic heterocycles. The van der Waals surface area contributed by atoms with Crippen molar-refractivity contribution in [2.75, 3.05) is 0 Å². The molecule has 0 atom stereocenters. The van der Waals surface area contributed by atoms with E-state index in [4.69, 9.17) is 11.5 Å². The lowest BCUT2D eigenvalue weighted by atomic mass is 10.3. The molecule has 0 bridgehead atoms. The van der Waals surface area contributed by atoms with Crippen molar-refractivity contribution in [1.82, 2.24) is 4.98 Å². The van der Waals surface area contributed by atoms with Crippen molar-refractivity contribution in [1.29, 1.82) is 0 Å². The largest absolute Gasteiger partial charge is 0.369 e. The molecule has 0 aromatic carbocycles. The van der Waals surface area contributed by atoms with Gasteiger partial charge in [-0.15, -0.1) is 5.10 Å². The van der Waals surface area contributed by atoms with E-state index in [1.54, 1.807) is 18.5 Å². The number of guanidine groups is 1. The molecule has 1 rings (SSSR count). The molecule has 0 unspecified atom stereocenters. The molecule has 0 saturated carbocycles. The molecular weight excluding hydrogens is 154 g/mol. The molecule has 0 spiro atoms. The fraction of sp³-hybridized carbons (Fsp3) is 0. The average molecular weight is 163 g/mol. The predicted octanol–water partition coefficient (Wildman–Crippen LogP) is -0.311. The molecule has 0 amide bonds. The zero-order valence-corrected chi connectivity index (χ0v) is 6.38. The van der Waals surface area contributed by atoms with Gasteiger partial charge in [-0.05, 0) is 6.07 Å². The van der Waals surface area contributed by atoms with E-state index in [1.165, 1.54) is 6.21 Å². The molecule has 1 heterocycles. The normalized spacial score (nSPS) is 10.0. The van der Waals surface area contributed by atoms with Crippen molar-refractivity contribution in [3.8, 4) is 0 Å². The van der Waals surface area contributed by atoms with Crippen LogP contribution in [0.3, 0.4) is 0 Å². The van der Waals surface area contributed by atoms with Crippen LogP contribution in [0, 0.1) is 0 Å². The number of nitrogens with zero attached hydrogens (tertiary/aromatic N) is 3. The lowest BCUT2D eigenvalue weighted by Gasteiger charge is -1.87. The third-order valence-corrected chi connectivity index (χ3v) is 1.06. The number of nitrogens with two attached hydrogens (primary N) is 2. The van der Waals surface area contributed by atoms with E-state index in [1.807, 2.05) is 6.07 Å². The molecule has 5 heteroatoms. The predicted molar refractivity (Wildman–Crippen MR) is 47.6 cm³/mol. The van der Waals surface area contributed by atoms with Crippen molar-refractivity contribution < 1.29 is 0 Å².